The van der Waals surface area contributed by atoms with E-state index in [4.69, 9.17) is 4.74 Å². The summed E-state index contributed by atoms with van der Waals surface area (Å²) < 4.78 is 20.9. The van der Waals surface area contributed by atoms with Crippen LogP contribution < -0.4 is 5.32 Å². The molecule has 2 aromatic carbocycles. The van der Waals surface area contributed by atoms with Crippen LogP contribution in [0.25, 0.3) is 21.5 Å². The number of thiophene rings is 1. The van der Waals surface area contributed by atoms with Gasteiger partial charge in [0.25, 0.3) is 5.91 Å². The molecule has 0 spiro atoms. The third kappa shape index (κ3) is 3.69. The number of fused-ring (bicyclic) bond motifs is 1. The first kappa shape index (κ1) is 19.8. The van der Waals surface area contributed by atoms with Crippen LogP contribution in [0.15, 0.2) is 54.6 Å². The van der Waals surface area contributed by atoms with Gasteiger partial charge < -0.3 is 10.1 Å². The Hall–Kier alpha value is -3.52. The van der Waals surface area contributed by atoms with Crippen molar-refractivity contribution in [3.05, 3.63) is 70.9 Å². The molecule has 30 heavy (non-hydrogen) atoms. The van der Waals surface area contributed by atoms with Crippen molar-refractivity contribution in [1.29, 1.82) is 0 Å². The largest absolute Gasteiger partial charge is 0.462 e. The maximum absolute atomic E-state index is 14.3. The highest BCUT2D eigenvalue weighted by atomic mass is 32.1. The Morgan fingerprint density at radius 2 is 1.97 bits per heavy atom. The molecule has 0 bridgehead atoms. The molecule has 152 valence electrons. The van der Waals surface area contributed by atoms with Gasteiger partial charge in [0, 0.05) is 23.7 Å². The number of ether oxygens (including phenoxy) is 1. The van der Waals surface area contributed by atoms with Crippen LogP contribution in [0.1, 0.15) is 27.0 Å². The van der Waals surface area contributed by atoms with Crippen LogP contribution >= 0.6 is 11.3 Å². The van der Waals surface area contributed by atoms with Crippen LogP contribution in [-0.4, -0.2) is 28.3 Å². The number of hydrogen-bond acceptors (Lipinski definition) is 5. The second kappa shape index (κ2) is 8.08. The minimum Gasteiger partial charge on any atom is -0.462 e. The standard InChI is InChI=1S/C22H18FN3O3S/c1-3-29-22(28)13-7-6-8-14(11-13)24-20(27)18-12-16-19(25-26(2)21(16)30-18)15-9-4-5-10-17(15)23/h4-12H,3H2,1-2H3,(H,24,27). The van der Waals surface area contributed by atoms with E-state index in [2.05, 4.69) is 10.4 Å². The molecule has 2 aromatic heterocycles. The highest BCUT2D eigenvalue weighted by molar-refractivity contribution is 7.20. The minimum absolute atomic E-state index is 0.273. The van der Waals surface area contributed by atoms with E-state index in [9.17, 15) is 14.0 Å². The normalized spacial score (nSPS) is 10.9. The molecule has 4 aromatic rings. The molecule has 1 N–H and O–H groups in total. The molecule has 0 aliphatic heterocycles. The fourth-order valence-electron chi connectivity index (χ4n) is 3.14. The average molecular weight is 423 g/mol. The van der Waals surface area contributed by atoms with Crippen LogP contribution in [-0.2, 0) is 11.8 Å². The summed E-state index contributed by atoms with van der Waals surface area (Å²) in [7, 11) is 1.76. The number of carbonyl (C=O) groups excluding carboxylic acids is 2. The first-order valence-electron chi connectivity index (χ1n) is 9.28. The van der Waals surface area contributed by atoms with Crippen LogP contribution in [0.4, 0.5) is 10.1 Å². The number of rotatable bonds is 5. The number of nitrogens with zero attached hydrogens (tertiary/aromatic N) is 2. The molecule has 2 heterocycles. The van der Waals surface area contributed by atoms with E-state index in [1.54, 1.807) is 67.2 Å². The summed E-state index contributed by atoms with van der Waals surface area (Å²) in [5.41, 5.74) is 1.72. The zero-order valence-corrected chi connectivity index (χ0v) is 17.1. The molecule has 1 amide bonds. The predicted molar refractivity (Wildman–Crippen MR) is 114 cm³/mol. The second-order valence-electron chi connectivity index (χ2n) is 6.54. The number of carbonyl (C=O) groups is 2. The van der Waals surface area contributed by atoms with Gasteiger partial charge in [0.15, 0.2) is 0 Å². The number of halogens is 1. The fraction of sp³-hybridized carbons (Fsp3) is 0.136. The van der Waals surface area contributed by atoms with E-state index < -0.39 is 5.97 Å². The van der Waals surface area contributed by atoms with Gasteiger partial charge in [-0.15, -0.1) is 11.3 Å². The SMILES string of the molecule is CCOC(=O)c1cccc(NC(=O)c2cc3c(-c4ccccc4F)nn(C)c3s2)c1. The molecule has 0 atom stereocenters. The van der Waals surface area contributed by atoms with Gasteiger partial charge in [-0.25, -0.2) is 9.18 Å². The van der Waals surface area contributed by atoms with E-state index in [0.717, 1.165) is 4.83 Å². The molecule has 0 unspecified atom stereocenters. The van der Waals surface area contributed by atoms with E-state index in [1.165, 1.54) is 17.4 Å². The number of anilines is 1. The summed E-state index contributed by atoms with van der Waals surface area (Å²) >= 11 is 1.27. The lowest BCUT2D eigenvalue weighted by atomic mass is 10.1. The van der Waals surface area contributed by atoms with Gasteiger partial charge in [0.1, 0.15) is 16.3 Å². The summed E-state index contributed by atoms with van der Waals surface area (Å²) in [4.78, 5) is 25.9. The molecular formula is C22H18FN3O3S. The zero-order valence-electron chi connectivity index (χ0n) is 16.3. The second-order valence-corrected chi connectivity index (χ2v) is 7.57. The van der Waals surface area contributed by atoms with Crippen LogP contribution in [0.5, 0.6) is 0 Å². The Balaban J connectivity index is 1.64. The van der Waals surface area contributed by atoms with Gasteiger partial charge in [0.2, 0.25) is 0 Å². The number of amides is 1. The number of aromatic nitrogens is 2. The van der Waals surface area contributed by atoms with Gasteiger partial charge in [-0.2, -0.15) is 5.10 Å². The molecule has 0 fully saturated rings. The van der Waals surface area contributed by atoms with Crippen LogP contribution in [0, 0.1) is 5.82 Å². The van der Waals surface area contributed by atoms with Crippen molar-refractivity contribution in [2.45, 2.75) is 6.92 Å². The highest BCUT2D eigenvalue weighted by Crippen LogP contribution is 2.35. The minimum atomic E-state index is -0.448. The number of aryl methyl sites for hydroxylation is 1. The van der Waals surface area contributed by atoms with Gasteiger partial charge in [-0.1, -0.05) is 18.2 Å². The van der Waals surface area contributed by atoms with E-state index in [-0.39, 0.29) is 18.3 Å². The maximum Gasteiger partial charge on any atom is 0.338 e. The van der Waals surface area contributed by atoms with Crippen LogP contribution in [0.2, 0.25) is 0 Å². The lowest BCUT2D eigenvalue weighted by molar-refractivity contribution is 0.0526. The number of esters is 1. The third-order valence-corrected chi connectivity index (χ3v) is 5.70. The Labute approximate surface area is 175 Å². The van der Waals surface area contributed by atoms with Crippen molar-refractivity contribution in [3.8, 4) is 11.3 Å². The van der Waals surface area contributed by atoms with Crippen molar-refractivity contribution >= 4 is 39.1 Å². The van der Waals surface area contributed by atoms with Gasteiger partial charge in [-0.3, -0.25) is 9.48 Å². The van der Waals surface area contributed by atoms with Gasteiger partial charge >= 0.3 is 5.97 Å². The Morgan fingerprint density at radius 3 is 2.73 bits per heavy atom. The lowest BCUT2D eigenvalue weighted by Gasteiger charge is -2.06. The first-order valence-corrected chi connectivity index (χ1v) is 10.1. The number of hydrogen-bond donors (Lipinski definition) is 1. The summed E-state index contributed by atoms with van der Waals surface area (Å²) in [5.74, 6) is -1.14. The average Bonchev–Trinajstić information content (AvgIpc) is 3.30. The molecule has 0 aliphatic rings. The Morgan fingerprint density at radius 1 is 1.17 bits per heavy atom. The lowest BCUT2D eigenvalue weighted by Crippen LogP contribution is -2.11. The highest BCUT2D eigenvalue weighted by Gasteiger charge is 2.20. The van der Waals surface area contributed by atoms with E-state index >= 15 is 0 Å². The molecule has 6 nitrogen and oxygen atoms in total. The van der Waals surface area contributed by atoms with E-state index in [1.807, 2.05) is 0 Å². The molecule has 8 heteroatoms. The maximum atomic E-state index is 14.3. The molecule has 0 saturated carbocycles. The van der Waals surface area contributed by atoms with Gasteiger partial charge in [-0.05, 0) is 43.3 Å². The zero-order chi connectivity index (χ0) is 21.3. The van der Waals surface area contributed by atoms with E-state index in [0.29, 0.717) is 32.8 Å². The third-order valence-electron chi connectivity index (χ3n) is 4.50. The molecule has 0 saturated heterocycles. The topological polar surface area (TPSA) is 73.2 Å². The van der Waals surface area contributed by atoms with Crippen molar-refractivity contribution in [2.24, 2.45) is 7.05 Å². The quantitative estimate of drug-likeness (QED) is 0.465. The summed E-state index contributed by atoms with van der Waals surface area (Å²) in [5, 5.41) is 7.92. The van der Waals surface area contributed by atoms with Crippen molar-refractivity contribution < 1.29 is 18.7 Å². The van der Waals surface area contributed by atoms with Crippen LogP contribution in [0.3, 0.4) is 0 Å². The predicted octanol–water partition coefficient (Wildman–Crippen LogP) is 4.87. The van der Waals surface area contributed by atoms with Crippen molar-refractivity contribution in [2.75, 3.05) is 11.9 Å². The Kier molecular flexibility index (Phi) is 5.33. The summed E-state index contributed by atoms with van der Waals surface area (Å²) in [6.07, 6.45) is 0. The smallest absolute Gasteiger partial charge is 0.338 e. The molecule has 4 rings (SSSR count). The summed E-state index contributed by atoms with van der Waals surface area (Å²) in [6, 6.07) is 14.7. The summed E-state index contributed by atoms with van der Waals surface area (Å²) in [6.45, 7) is 2.00. The van der Waals surface area contributed by atoms with Crippen molar-refractivity contribution in [1.82, 2.24) is 9.78 Å². The van der Waals surface area contributed by atoms with Crippen molar-refractivity contribution in [3.63, 3.8) is 0 Å². The number of benzene rings is 2. The fourth-order valence-corrected chi connectivity index (χ4v) is 4.10. The molecular weight excluding hydrogens is 405 g/mol. The van der Waals surface area contributed by atoms with Gasteiger partial charge in [0.05, 0.1) is 17.0 Å². The Bertz CT molecular complexity index is 1260. The molecule has 0 radical (unpaired) electrons. The number of nitrogens with one attached hydrogen (secondary N) is 1. The monoisotopic (exact) mass is 423 g/mol. The molecule has 0 aliphatic carbocycles. The first-order chi connectivity index (χ1) is 14.5.